The first-order valence-corrected chi connectivity index (χ1v) is 7.58. The molecule has 0 aromatic heterocycles. The molecule has 0 atom stereocenters. The molecule has 0 unspecified atom stereocenters. The maximum absolute atomic E-state index is 3.31. The average Bonchev–Trinajstić information content (AvgIpc) is 2.47. The van der Waals surface area contributed by atoms with Crippen LogP contribution in [0.4, 0.5) is 0 Å². The minimum atomic E-state index is 1.05. The fourth-order valence-electron chi connectivity index (χ4n) is 2.18. The van der Waals surface area contributed by atoms with E-state index in [0.717, 1.165) is 11.1 Å². The molecule has 0 saturated heterocycles. The van der Waals surface area contributed by atoms with E-state index in [-0.39, 0.29) is 0 Å². The summed E-state index contributed by atoms with van der Waals surface area (Å²) in [5, 5.41) is 2.49. The Balaban J connectivity index is 2.10. The highest BCUT2D eigenvalue weighted by atomic mass is 127. The highest BCUT2D eigenvalue weighted by Crippen LogP contribution is 2.23. The van der Waals surface area contributed by atoms with Crippen molar-refractivity contribution in [3.05, 3.63) is 80.9 Å². The third-order valence-corrected chi connectivity index (χ3v) is 4.15. The van der Waals surface area contributed by atoms with E-state index < -0.39 is 0 Å². The molecule has 0 N–H and O–H groups in total. The monoisotopic (exact) mass is 368 g/mol. The summed E-state index contributed by atoms with van der Waals surface area (Å²) in [4.78, 5) is 0. The van der Waals surface area contributed by atoms with Crippen LogP contribution in [0.1, 0.15) is 16.7 Å². The van der Waals surface area contributed by atoms with Crippen LogP contribution in [0.3, 0.4) is 0 Å². The summed E-state index contributed by atoms with van der Waals surface area (Å²) < 4.78 is 1.24. The molecule has 0 aliphatic heterocycles. The van der Waals surface area contributed by atoms with E-state index in [2.05, 4.69) is 102 Å². The first kappa shape index (κ1) is 13.2. The molecule has 0 spiro atoms. The predicted molar refractivity (Wildman–Crippen MR) is 93.8 cm³/mol. The van der Waals surface area contributed by atoms with E-state index in [1.807, 2.05) is 0 Å². The second-order valence-corrected chi connectivity index (χ2v) is 5.92. The zero-order valence-corrected chi connectivity index (χ0v) is 13.3. The number of fused-ring (bicyclic) bond motifs is 1. The van der Waals surface area contributed by atoms with Crippen molar-refractivity contribution in [3.8, 4) is 11.8 Å². The van der Waals surface area contributed by atoms with Crippen molar-refractivity contribution in [2.24, 2.45) is 0 Å². The van der Waals surface area contributed by atoms with Crippen LogP contribution in [0.2, 0.25) is 0 Å². The third kappa shape index (κ3) is 2.71. The average molecular weight is 368 g/mol. The molecule has 0 amide bonds. The maximum Gasteiger partial charge on any atom is 0.0338 e. The van der Waals surface area contributed by atoms with Gasteiger partial charge in [0.1, 0.15) is 0 Å². The molecule has 3 aromatic carbocycles. The molecule has 3 rings (SSSR count). The fraction of sp³-hybridized carbons (Fsp3) is 0.0526. The van der Waals surface area contributed by atoms with Gasteiger partial charge in [-0.25, -0.2) is 0 Å². The summed E-state index contributed by atoms with van der Waals surface area (Å²) in [6, 6.07) is 21.0. The zero-order valence-electron chi connectivity index (χ0n) is 11.2. The van der Waals surface area contributed by atoms with E-state index >= 15 is 0 Å². The van der Waals surface area contributed by atoms with Crippen molar-refractivity contribution < 1.29 is 0 Å². The molecule has 0 aliphatic rings. The van der Waals surface area contributed by atoms with Gasteiger partial charge >= 0.3 is 0 Å². The summed E-state index contributed by atoms with van der Waals surface area (Å²) >= 11 is 2.37. The number of halogens is 1. The van der Waals surface area contributed by atoms with Gasteiger partial charge in [-0.05, 0) is 59.2 Å². The molecule has 20 heavy (non-hydrogen) atoms. The Hall–Kier alpha value is -1.79. The Morgan fingerprint density at radius 2 is 1.50 bits per heavy atom. The first-order chi connectivity index (χ1) is 9.74. The molecule has 0 saturated carbocycles. The minimum absolute atomic E-state index is 1.05. The largest absolute Gasteiger partial charge is 0.0616 e. The summed E-state index contributed by atoms with van der Waals surface area (Å²) in [7, 11) is 0. The Morgan fingerprint density at radius 3 is 2.25 bits per heavy atom. The lowest BCUT2D eigenvalue weighted by molar-refractivity contribution is 1.46. The molecular weight excluding hydrogens is 355 g/mol. The van der Waals surface area contributed by atoms with Crippen LogP contribution in [0.5, 0.6) is 0 Å². The van der Waals surface area contributed by atoms with E-state index in [4.69, 9.17) is 0 Å². The molecular formula is C19H13I. The number of aryl methyl sites for hydroxylation is 1. The summed E-state index contributed by atoms with van der Waals surface area (Å²) in [5.41, 5.74) is 3.40. The predicted octanol–water partition coefficient (Wildman–Crippen LogP) is 5.15. The van der Waals surface area contributed by atoms with Crippen LogP contribution >= 0.6 is 22.6 Å². The molecule has 1 heteroatoms. The van der Waals surface area contributed by atoms with Gasteiger partial charge in [0.25, 0.3) is 0 Å². The first-order valence-electron chi connectivity index (χ1n) is 6.50. The van der Waals surface area contributed by atoms with E-state index in [1.54, 1.807) is 0 Å². The zero-order chi connectivity index (χ0) is 13.9. The van der Waals surface area contributed by atoms with Gasteiger partial charge in [0.2, 0.25) is 0 Å². The second-order valence-electron chi connectivity index (χ2n) is 4.76. The van der Waals surface area contributed by atoms with E-state index in [0.29, 0.717) is 0 Å². The molecule has 0 nitrogen and oxygen atoms in total. The van der Waals surface area contributed by atoms with Gasteiger partial charge in [-0.15, -0.1) is 0 Å². The lowest BCUT2D eigenvalue weighted by atomic mass is 10.0. The SMILES string of the molecule is Cc1ccc(C#Cc2cccc3cccc(I)c23)cc1. The maximum atomic E-state index is 3.31. The number of rotatable bonds is 0. The van der Waals surface area contributed by atoms with Gasteiger partial charge in [-0.3, -0.25) is 0 Å². The lowest BCUT2D eigenvalue weighted by Crippen LogP contribution is -1.84. The molecule has 0 radical (unpaired) electrons. The van der Waals surface area contributed by atoms with Gasteiger partial charge in [0.05, 0.1) is 0 Å². The Kier molecular flexibility index (Phi) is 3.75. The van der Waals surface area contributed by atoms with Crippen LogP contribution in [0.25, 0.3) is 10.8 Å². The van der Waals surface area contributed by atoms with E-state index in [9.17, 15) is 0 Å². The van der Waals surface area contributed by atoms with Crippen molar-refractivity contribution in [1.29, 1.82) is 0 Å². The van der Waals surface area contributed by atoms with Crippen molar-refractivity contribution in [3.63, 3.8) is 0 Å². The lowest BCUT2D eigenvalue weighted by Gasteiger charge is -2.02. The van der Waals surface area contributed by atoms with Crippen LogP contribution < -0.4 is 0 Å². The smallest absolute Gasteiger partial charge is 0.0338 e. The van der Waals surface area contributed by atoms with Crippen molar-refractivity contribution in [2.45, 2.75) is 6.92 Å². The quantitative estimate of drug-likeness (QED) is 0.380. The second kappa shape index (κ2) is 5.68. The van der Waals surface area contributed by atoms with Crippen LogP contribution in [-0.2, 0) is 0 Å². The number of hydrogen-bond acceptors (Lipinski definition) is 0. The summed E-state index contributed by atoms with van der Waals surface area (Å²) in [6.45, 7) is 2.09. The highest BCUT2D eigenvalue weighted by molar-refractivity contribution is 14.1. The van der Waals surface area contributed by atoms with Gasteiger partial charge in [-0.2, -0.15) is 0 Å². The molecule has 3 aromatic rings. The molecule has 96 valence electrons. The van der Waals surface area contributed by atoms with Crippen LogP contribution in [0, 0.1) is 22.3 Å². The van der Waals surface area contributed by atoms with E-state index in [1.165, 1.54) is 19.9 Å². The highest BCUT2D eigenvalue weighted by Gasteiger charge is 2.01. The molecule has 0 bridgehead atoms. The molecule has 0 heterocycles. The Labute approximate surface area is 133 Å². The van der Waals surface area contributed by atoms with Crippen LogP contribution in [-0.4, -0.2) is 0 Å². The molecule has 0 aliphatic carbocycles. The van der Waals surface area contributed by atoms with Gasteiger partial charge in [0.15, 0.2) is 0 Å². The van der Waals surface area contributed by atoms with Gasteiger partial charge < -0.3 is 0 Å². The summed E-state index contributed by atoms with van der Waals surface area (Å²) in [5.74, 6) is 6.56. The number of hydrogen-bond donors (Lipinski definition) is 0. The third-order valence-electron chi connectivity index (χ3n) is 3.25. The normalized spacial score (nSPS) is 10.1. The van der Waals surface area contributed by atoms with Crippen molar-refractivity contribution in [1.82, 2.24) is 0 Å². The fourth-order valence-corrected chi connectivity index (χ4v) is 2.99. The van der Waals surface area contributed by atoms with Gasteiger partial charge in [-0.1, -0.05) is 53.8 Å². The van der Waals surface area contributed by atoms with Crippen molar-refractivity contribution in [2.75, 3.05) is 0 Å². The minimum Gasteiger partial charge on any atom is -0.0616 e. The standard InChI is InChI=1S/C19H13I/c1-14-8-10-15(11-9-14)12-13-17-5-2-4-16-6-3-7-18(20)19(16)17/h2-11H,1H3. The summed E-state index contributed by atoms with van der Waals surface area (Å²) in [6.07, 6.45) is 0. The van der Waals surface area contributed by atoms with Crippen LogP contribution in [0.15, 0.2) is 60.7 Å². The Morgan fingerprint density at radius 1 is 0.800 bits per heavy atom. The Bertz CT molecular complexity index is 812. The van der Waals surface area contributed by atoms with Crippen molar-refractivity contribution >= 4 is 33.4 Å². The molecule has 0 fully saturated rings. The number of benzene rings is 3. The van der Waals surface area contributed by atoms with Gasteiger partial charge in [0, 0.05) is 20.1 Å². The topological polar surface area (TPSA) is 0 Å².